The maximum Gasteiger partial charge on any atom is 0.293 e. The summed E-state index contributed by atoms with van der Waals surface area (Å²) < 4.78 is 4.19. The van der Waals surface area contributed by atoms with Gasteiger partial charge in [0.05, 0.1) is 0 Å². The largest absolute Gasteiger partial charge is 0.509 e. The molecule has 0 bridgehead atoms. The van der Waals surface area contributed by atoms with E-state index in [1.54, 1.807) is 6.92 Å². The normalized spacial score (nSPS) is 9.67. The van der Waals surface area contributed by atoms with Crippen LogP contribution < -0.4 is 0 Å². The second-order valence-electron chi connectivity index (χ2n) is 1.19. The van der Waals surface area contributed by atoms with Crippen LogP contribution in [0.25, 0.3) is 0 Å². The number of hydrogen-bond acceptors (Lipinski definition) is 3. The van der Waals surface area contributed by atoms with Crippen LogP contribution in [0.5, 0.6) is 0 Å². The molecule has 0 unspecified atom stereocenters. The first-order valence-electron chi connectivity index (χ1n) is 2.20. The van der Waals surface area contributed by atoms with Crippen LogP contribution in [0.2, 0.25) is 0 Å². The molecular formula is C5H8O3Pt. The van der Waals surface area contributed by atoms with Crippen LogP contribution >= 0.6 is 0 Å². The smallest absolute Gasteiger partial charge is 0.293 e. The van der Waals surface area contributed by atoms with Crippen LogP contribution in [0.1, 0.15) is 6.92 Å². The topological polar surface area (TPSA) is 46.5 Å². The Bertz CT molecular complexity index is 100. The molecule has 0 rings (SSSR count). The summed E-state index contributed by atoms with van der Waals surface area (Å²) in [5.41, 5.74) is 0. The van der Waals surface area contributed by atoms with Crippen molar-refractivity contribution < 1.29 is 35.7 Å². The summed E-state index contributed by atoms with van der Waals surface area (Å²) in [6.07, 6.45) is 1.46. The molecule has 0 radical (unpaired) electrons. The van der Waals surface area contributed by atoms with E-state index < -0.39 is 0 Å². The Balaban J connectivity index is 0. The van der Waals surface area contributed by atoms with Crippen molar-refractivity contribution in [2.24, 2.45) is 0 Å². The molecule has 0 aromatic rings. The molecule has 0 spiro atoms. The van der Waals surface area contributed by atoms with Crippen molar-refractivity contribution in [3.63, 3.8) is 0 Å². The summed E-state index contributed by atoms with van der Waals surface area (Å²) in [6.45, 7) is 1.92. The zero-order chi connectivity index (χ0) is 6.41. The maximum atomic E-state index is 9.46. The molecule has 0 amide bonds. The third-order valence-corrected chi connectivity index (χ3v) is 0.632. The van der Waals surface area contributed by atoms with E-state index in [-0.39, 0.29) is 33.4 Å². The van der Waals surface area contributed by atoms with Crippen molar-refractivity contribution in [2.45, 2.75) is 6.92 Å². The molecule has 0 saturated heterocycles. The van der Waals surface area contributed by atoms with Gasteiger partial charge in [0.15, 0.2) is 0 Å². The van der Waals surface area contributed by atoms with E-state index in [0.717, 1.165) is 0 Å². The molecule has 0 fully saturated rings. The Labute approximate surface area is 68.0 Å². The third-order valence-electron chi connectivity index (χ3n) is 0.632. The minimum absolute atomic E-state index is 0. The van der Waals surface area contributed by atoms with E-state index in [1.807, 2.05) is 0 Å². The molecule has 0 aromatic carbocycles. The van der Waals surface area contributed by atoms with Gasteiger partial charge in [-0.1, -0.05) is 0 Å². The molecule has 1 N–H and O–H groups in total. The Morgan fingerprint density at radius 3 is 2.67 bits per heavy atom. The van der Waals surface area contributed by atoms with Gasteiger partial charge in [-0.3, -0.25) is 4.79 Å². The summed E-state index contributed by atoms with van der Waals surface area (Å²) in [5, 5.41) is 8.57. The molecule has 56 valence electrons. The number of carbonyl (C=O) groups excluding carboxylic acids is 1. The molecule has 0 aliphatic carbocycles. The van der Waals surface area contributed by atoms with Gasteiger partial charge in [-0.15, -0.1) is 0 Å². The minimum atomic E-state index is -0.0278. The van der Waals surface area contributed by atoms with Gasteiger partial charge in [0, 0.05) is 21.1 Å². The fourth-order valence-electron chi connectivity index (χ4n) is 0.203. The van der Waals surface area contributed by atoms with Gasteiger partial charge in [0.1, 0.15) is 12.4 Å². The van der Waals surface area contributed by atoms with E-state index in [0.29, 0.717) is 6.47 Å². The zero-order valence-corrected chi connectivity index (χ0v) is 7.21. The van der Waals surface area contributed by atoms with Gasteiger partial charge in [-0.2, -0.15) is 0 Å². The molecule has 0 aliphatic heterocycles. The van der Waals surface area contributed by atoms with E-state index >= 15 is 0 Å². The number of hydrogen-bond donors (Lipinski definition) is 1. The summed E-state index contributed by atoms with van der Waals surface area (Å²) in [6, 6.07) is 0. The quantitative estimate of drug-likeness (QED) is 0.614. The number of rotatable bonds is 3. The third kappa shape index (κ3) is 7.70. The monoisotopic (exact) mass is 311 g/mol. The average molecular weight is 311 g/mol. The van der Waals surface area contributed by atoms with E-state index in [1.165, 1.54) is 6.08 Å². The summed E-state index contributed by atoms with van der Waals surface area (Å²) >= 11 is 0. The minimum Gasteiger partial charge on any atom is -0.509 e. The van der Waals surface area contributed by atoms with Crippen LogP contribution in [-0.2, 0) is 30.6 Å². The van der Waals surface area contributed by atoms with Crippen molar-refractivity contribution in [3.05, 3.63) is 11.8 Å². The zero-order valence-electron chi connectivity index (χ0n) is 4.94. The van der Waals surface area contributed by atoms with Gasteiger partial charge in [-0.05, 0) is 13.0 Å². The van der Waals surface area contributed by atoms with E-state index in [2.05, 4.69) is 4.74 Å². The predicted octanol–water partition coefficient (Wildman–Crippen LogP) is 0.619. The molecule has 0 atom stereocenters. The van der Waals surface area contributed by atoms with Crippen LogP contribution in [-0.4, -0.2) is 18.2 Å². The molecule has 3 nitrogen and oxygen atoms in total. The second kappa shape index (κ2) is 7.70. The molecule has 0 saturated carbocycles. The van der Waals surface area contributed by atoms with E-state index in [4.69, 9.17) is 5.11 Å². The Kier molecular flexibility index (Phi) is 9.83. The summed E-state index contributed by atoms with van der Waals surface area (Å²) in [7, 11) is 0. The van der Waals surface area contributed by atoms with Gasteiger partial charge in [0.25, 0.3) is 6.47 Å². The van der Waals surface area contributed by atoms with Crippen molar-refractivity contribution in [1.29, 1.82) is 0 Å². The first-order chi connectivity index (χ1) is 3.81. The fraction of sp³-hybridized carbons (Fsp3) is 0.400. The number of carbonyl (C=O) groups is 1. The number of ether oxygens (including phenoxy) is 1. The van der Waals surface area contributed by atoms with Gasteiger partial charge < -0.3 is 9.84 Å². The number of aliphatic hydroxyl groups excluding tert-OH is 1. The van der Waals surface area contributed by atoms with Crippen LogP contribution in [0.15, 0.2) is 11.8 Å². The van der Waals surface area contributed by atoms with E-state index in [9.17, 15) is 4.79 Å². The molecule has 9 heavy (non-hydrogen) atoms. The maximum absolute atomic E-state index is 9.46. The predicted molar refractivity (Wildman–Crippen MR) is 28.4 cm³/mol. The Hall–Kier alpha value is -0.302. The summed E-state index contributed by atoms with van der Waals surface area (Å²) in [5.74, 6) is 0.0668. The molecule has 4 heteroatoms. The van der Waals surface area contributed by atoms with Crippen molar-refractivity contribution in [2.75, 3.05) is 6.61 Å². The second-order valence-corrected chi connectivity index (χ2v) is 1.19. The van der Waals surface area contributed by atoms with Gasteiger partial charge >= 0.3 is 0 Å². The first-order valence-corrected chi connectivity index (χ1v) is 2.20. The molecule has 0 heterocycles. The molecule has 0 aromatic heterocycles. The molecular weight excluding hydrogens is 303 g/mol. The molecule has 0 aliphatic rings. The van der Waals surface area contributed by atoms with Gasteiger partial charge in [0.2, 0.25) is 0 Å². The Morgan fingerprint density at radius 1 is 1.78 bits per heavy atom. The van der Waals surface area contributed by atoms with Crippen molar-refractivity contribution in [1.82, 2.24) is 0 Å². The van der Waals surface area contributed by atoms with Crippen molar-refractivity contribution in [3.8, 4) is 0 Å². The fourth-order valence-corrected chi connectivity index (χ4v) is 0.203. The number of allylic oxidation sites excluding steroid dienone is 1. The van der Waals surface area contributed by atoms with Crippen LogP contribution in [0.4, 0.5) is 0 Å². The van der Waals surface area contributed by atoms with Crippen molar-refractivity contribution >= 4 is 6.47 Å². The SMILES string of the molecule is C/C=C(/O)COC=O.[Pt]. The van der Waals surface area contributed by atoms with Crippen LogP contribution in [0.3, 0.4) is 0 Å². The first kappa shape index (κ1) is 11.5. The standard InChI is InChI=1S/C5H8O3.Pt/c1-2-5(7)3-8-4-6;/h2,4,7H,3H2,1H3;/b5-2+;. The Morgan fingerprint density at radius 2 is 2.33 bits per heavy atom. The van der Waals surface area contributed by atoms with Crippen LogP contribution in [0, 0.1) is 0 Å². The number of aliphatic hydroxyl groups is 1. The van der Waals surface area contributed by atoms with Gasteiger partial charge in [-0.25, -0.2) is 0 Å². The average Bonchev–Trinajstić information content (AvgIpc) is 1.83. The summed E-state index contributed by atoms with van der Waals surface area (Å²) in [4.78, 5) is 9.46.